The highest BCUT2D eigenvalue weighted by Crippen LogP contribution is 2.30. The molecule has 0 spiro atoms. The summed E-state index contributed by atoms with van der Waals surface area (Å²) in [5.41, 5.74) is 0.585. The van der Waals surface area contributed by atoms with Crippen LogP contribution in [0.15, 0.2) is 16.0 Å². The lowest BCUT2D eigenvalue weighted by Gasteiger charge is -2.40. The third kappa shape index (κ3) is 4.23. The van der Waals surface area contributed by atoms with E-state index in [1.165, 1.54) is 51.4 Å². The van der Waals surface area contributed by atoms with E-state index in [4.69, 9.17) is 9.98 Å². The molecule has 3 aliphatic rings. The summed E-state index contributed by atoms with van der Waals surface area (Å²) in [7, 11) is 0. The Bertz CT molecular complexity index is 1060. The average molecular weight is 437 g/mol. The lowest BCUT2D eigenvalue weighted by atomic mass is 9.89. The number of hydrogen-bond donors (Lipinski definition) is 2. The molecule has 2 N–H and O–H groups in total. The van der Waals surface area contributed by atoms with Gasteiger partial charge in [0.15, 0.2) is 11.8 Å². The number of likely N-dealkylation sites (tertiary alicyclic amines) is 1. The van der Waals surface area contributed by atoms with Crippen molar-refractivity contribution in [3.63, 3.8) is 0 Å². The zero-order valence-electron chi connectivity index (χ0n) is 18.6. The van der Waals surface area contributed by atoms with Crippen molar-refractivity contribution in [3.8, 4) is 6.19 Å². The van der Waals surface area contributed by atoms with Gasteiger partial charge in [-0.25, -0.2) is 9.67 Å². The summed E-state index contributed by atoms with van der Waals surface area (Å²) in [5.74, 6) is 2.09. The molecule has 2 aromatic rings. The van der Waals surface area contributed by atoms with E-state index in [1.54, 1.807) is 6.20 Å². The van der Waals surface area contributed by atoms with Crippen LogP contribution in [0.1, 0.15) is 82.0 Å². The highest BCUT2D eigenvalue weighted by Gasteiger charge is 2.33. The van der Waals surface area contributed by atoms with Crippen LogP contribution in [0.2, 0.25) is 0 Å². The maximum atomic E-state index is 12.7. The minimum absolute atomic E-state index is 0.113. The van der Waals surface area contributed by atoms with Gasteiger partial charge in [0.05, 0.1) is 18.2 Å². The number of aliphatic imine (C=N–C) groups is 1. The molecule has 2 aliphatic carbocycles. The minimum Gasteiger partial charge on any atom is -0.341 e. The number of fused-ring (bicyclic) bond motifs is 1. The molecule has 3 heterocycles. The van der Waals surface area contributed by atoms with E-state index in [2.05, 4.69) is 20.3 Å². The Morgan fingerprint density at radius 2 is 1.88 bits per heavy atom. The van der Waals surface area contributed by atoms with Gasteiger partial charge in [0.1, 0.15) is 11.2 Å². The summed E-state index contributed by atoms with van der Waals surface area (Å²) in [6.45, 7) is 2.14. The van der Waals surface area contributed by atoms with Crippen molar-refractivity contribution in [2.45, 2.75) is 76.2 Å². The van der Waals surface area contributed by atoms with Crippen LogP contribution in [-0.4, -0.2) is 50.2 Å². The second-order valence-corrected chi connectivity index (χ2v) is 9.58. The maximum absolute atomic E-state index is 12.7. The number of nitriles is 1. The summed E-state index contributed by atoms with van der Waals surface area (Å²) in [5, 5.41) is 17.0. The largest absolute Gasteiger partial charge is 0.341 e. The fraction of sp³-hybridized carbons (Fsp3) is 0.696. The number of H-pyrrole nitrogens is 1. The topological polar surface area (TPSA) is 115 Å². The zero-order chi connectivity index (χ0) is 21.9. The van der Waals surface area contributed by atoms with Crippen LogP contribution in [0, 0.1) is 17.4 Å². The van der Waals surface area contributed by atoms with E-state index in [-0.39, 0.29) is 11.5 Å². The number of nitrogens with one attached hydrogen (secondary N) is 2. The fourth-order valence-corrected chi connectivity index (χ4v) is 5.42. The number of nitrogens with zero attached hydrogens (tertiary/aromatic N) is 6. The van der Waals surface area contributed by atoms with Crippen LogP contribution >= 0.6 is 0 Å². The summed E-state index contributed by atoms with van der Waals surface area (Å²) >= 11 is 0. The molecule has 3 fully saturated rings. The molecule has 0 unspecified atom stereocenters. The second kappa shape index (κ2) is 9.31. The lowest BCUT2D eigenvalue weighted by molar-refractivity contribution is 0.237. The number of rotatable bonds is 4. The molecule has 5 rings (SSSR count). The Labute approximate surface area is 187 Å². The van der Waals surface area contributed by atoms with E-state index in [1.807, 2.05) is 10.9 Å². The van der Waals surface area contributed by atoms with Crippen LogP contribution in [0.5, 0.6) is 0 Å². The highest BCUT2D eigenvalue weighted by atomic mass is 16.1. The van der Waals surface area contributed by atoms with Crippen molar-refractivity contribution in [2.24, 2.45) is 10.9 Å². The molecule has 0 atom stereocenters. The monoisotopic (exact) mass is 436 g/mol. The summed E-state index contributed by atoms with van der Waals surface area (Å²) in [6.07, 6.45) is 15.9. The van der Waals surface area contributed by atoms with Crippen LogP contribution in [0.3, 0.4) is 0 Å². The van der Waals surface area contributed by atoms with Gasteiger partial charge < -0.3 is 9.88 Å². The van der Waals surface area contributed by atoms with E-state index in [9.17, 15) is 10.1 Å². The lowest BCUT2D eigenvalue weighted by Crippen LogP contribution is -2.53. The van der Waals surface area contributed by atoms with E-state index < -0.39 is 0 Å². The van der Waals surface area contributed by atoms with E-state index >= 15 is 0 Å². The van der Waals surface area contributed by atoms with E-state index in [0.717, 1.165) is 19.4 Å². The third-order valence-corrected chi connectivity index (χ3v) is 7.36. The molecule has 9 nitrogen and oxygen atoms in total. The minimum atomic E-state index is -0.119. The first-order chi connectivity index (χ1) is 15.7. The van der Waals surface area contributed by atoms with Gasteiger partial charge in [-0.1, -0.05) is 38.5 Å². The van der Waals surface area contributed by atoms with Crippen molar-refractivity contribution < 1.29 is 0 Å². The van der Waals surface area contributed by atoms with E-state index in [0.29, 0.717) is 47.9 Å². The van der Waals surface area contributed by atoms with Gasteiger partial charge in [0.2, 0.25) is 5.96 Å². The Morgan fingerprint density at radius 1 is 1.16 bits per heavy atom. The van der Waals surface area contributed by atoms with Gasteiger partial charge in [-0.15, -0.1) is 0 Å². The number of aromatic nitrogens is 4. The molecule has 1 aliphatic heterocycles. The average Bonchev–Trinajstić information content (AvgIpc) is 3.22. The van der Waals surface area contributed by atoms with Crippen molar-refractivity contribution in [3.05, 3.63) is 22.4 Å². The Hall–Kier alpha value is -2.89. The molecule has 0 amide bonds. The summed E-state index contributed by atoms with van der Waals surface area (Å²) in [4.78, 5) is 27.3. The number of aromatic amines is 1. The molecule has 9 heteroatoms. The van der Waals surface area contributed by atoms with Gasteiger partial charge in [0, 0.05) is 19.6 Å². The van der Waals surface area contributed by atoms with Crippen LogP contribution in [0.25, 0.3) is 11.0 Å². The Balaban J connectivity index is 1.30. The van der Waals surface area contributed by atoms with Crippen molar-refractivity contribution in [1.82, 2.24) is 30.0 Å². The first-order valence-corrected chi connectivity index (χ1v) is 12.1. The maximum Gasteiger partial charge on any atom is 0.262 e. The molecule has 0 aromatic carbocycles. The molecule has 0 radical (unpaired) electrons. The van der Waals surface area contributed by atoms with Gasteiger partial charge >= 0.3 is 0 Å². The van der Waals surface area contributed by atoms with Crippen molar-refractivity contribution in [1.29, 1.82) is 5.26 Å². The molecule has 0 bridgehead atoms. The molecule has 32 heavy (non-hydrogen) atoms. The highest BCUT2D eigenvalue weighted by molar-refractivity contribution is 5.82. The molecular weight excluding hydrogens is 404 g/mol. The number of hydrogen-bond acceptors (Lipinski definition) is 5. The normalized spacial score (nSPS) is 21.5. The van der Waals surface area contributed by atoms with Crippen LogP contribution in [0.4, 0.5) is 0 Å². The predicted molar refractivity (Wildman–Crippen MR) is 122 cm³/mol. The molecule has 170 valence electrons. The van der Waals surface area contributed by atoms with Crippen LogP contribution in [-0.2, 0) is 0 Å². The number of guanidine groups is 1. The smallest absolute Gasteiger partial charge is 0.262 e. The first-order valence-electron chi connectivity index (χ1n) is 12.1. The van der Waals surface area contributed by atoms with Crippen molar-refractivity contribution >= 4 is 17.0 Å². The summed E-state index contributed by atoms with van der Waals surface area (Å²) < 4.78 is 1.97. The third-order valence-electron chi connectivity index (χ3n) is 7.36. The quantitative estimate of drug-likeness (QED) is 0.329. The summed E-state index contributed by atoms with van der Waals surface area (Å²) in [6, 6.07) is 0.333. The van der Waals surface area contributed by atoms with Gasteiger partial charge in [-0.3, -0.25) is 15.1 Å². The molecule has 2 aromatic heterocycles. The molecule has 2 saturated carbocycles. The van der Waals surface area contributed by atoms with Crippen molar-refractivity contribution in [2.75, 3.05) is 19.6 Å². The first kappa shape index (κ1) is 21.0. The molecular formula is C23H32N8O. The van der Waals surface area contributed by atoms with Gasteiger partial charge in [-0.2, -0.15) is 10.4 Å². The SMILES string of the molecule is N#CNC(=NCC1CCCCC1)N1CC(c2nc3c(cnn3C3CCCCC3)c(=O)[nH]2)C1. The van der Waals surface area contributed by atoms with Crippen LogP contribution < -0.4 is 10.9 Å². The fourth-order valence-electron chi connectivity index (χ4n) is 5.42. The van der Waals surface area contributed by atoms with Gasteiger partial charge in [-0.05, 0) is 31.6 Å². The zero-order valence-corrected chi connectivity index (χ0v) is 18.6. The predicted octanol–water partition coefficient (Wildman–Crippen LogP) is 3.03. The second-order valence-electron chi connectivity index (χ2n) is 9.58. The molecule has 1 saturated heterocycles. The Morgan fingerprint density at radius 3 is 2.59 bits per heavy atom. The standard InChI is InChI=1S/C23H32N8O/c24-15-26-23(25-11-16-7-3-1-4-8-16)30-13-17(14-30)20-28-21-19(22(32)29-20)12-27-31(21)18-9-5-2-6-10-18/h12,16-18H,1-11,13-14H2,(H,25,26)(H,28,29,32). The Kier molecular flexibility index (Phi) is 6.10. The van der Waals surface area contributed by atoms with Gasteiger partial charge in [0.25, 0.3) is 5.56 Å².